The zero-order valence-corrected chi connectivity index (χ0v) is 7.31. The summed E-state index contributed by atoms with van der Waals surface area (Å²) in [5, 5.41) is 16.3. The second kappa shape index (κ2) is 7.03. The van der Waals surface area contributed by atoms with Crippen molar-refractivity contribution >= 4 is 17.8 Å². The Morgan fingerprint density at radius 1 is 1.53 bits per heavy atom. The van der Waals surface area contributed by atoms with Gasteiger partial charge in [-0.05, 0) is 0 Å². The number of carbonyl (C=O) groups excluding carboxylic acids is 1. The lowest BCUT2D eigenvalue weighted by molar-refractivity contribution is -0.402. The van der Waals surface area contributed by atoms with Crippen molar-refractivity contribution < 1.29 is 30.3 Å². The number of hydrogen-bond donors (Lipinski definition) is 3. The summed E-state index contributed by atoms with van der Waals surface area (Å²) in [4.78, 5) is 33.0. The van der Waals surface area contributed by atoms with Crippen LogP contribution in [-0.4, -0.2) is 27.5 Å². The van der Waals surface area contributed by atoms with Gasteiger partial charge in [-0.25, -0.2) is 9.78 Å². The topological polar surface area (TPSA) is 182 Å². The fourth-order valence-electron chi connectivity index (χ4n) is 0.416. The van der Waals surface area contributed by atoms with E-state index >= 15 is 0 Å². The second-order valence-electron chi connectivity index (χ2n) is 1.98. The highest BCUT2D eigenvalue weighted by Crippen LogP contribution is 1.80. The maximum Gasteiger partial charge on any atom is 0.495 e. The Kier molecular flexibility index (Phi) is 7.06. The highest BCUT2D eigenvalue weighted by atomic mass is 16.4. The second-order valence-corrected chi connectivity index (χ2v) is 1.98. The number of rotatable bonds is 0. The van der Waals surface area contributed by atoms with E-state index in [9.17, 15) is 4.79 Å². The normalized spacial score (nSPS) is 7.73. The van der Waals surface area contributed by atoms with Gasteiger partial charge in [0.15, 0.2) is 11.8 Å². The Labute approximate surface area is 82.5 Å². The molecule has 1 aromatic rings. The van der Waals surface area contributed by atoms with Crippen LogP contribution in [0.1, 0.15) is 0 Å². The number of aromatic amines is 2. The predicted octanol–water partition coefficient (Wildman–Crippen LogP) is -4.23. The van der Waals surface area contributed by atoms with Crippen LogP contribution in [0.5, 0.6) is 0 Å². The number of H-pyrrole nitrogens is 2. The molecule has 15 heavy (non-hydrogen) atoms. The highest BCUT2D eigenvalue weighted by molar-refractivity contribution is 6.26. The molecule has 0 aliphatic rings. The molecular weight excluding hydrogens is 210 g/mol. The number of nitrogens with one attached hydrogen (secondary N) is 2. The third kappa shape index (κ3) is 7.93. The molecule has 9 nitrogen and oxygen atoms in total. The van der Waals surface area contributed by atoms with Crippen molar-refractivity contribution in [1.29, 1.82) is 0 Å². The lowest BCUT2D eigenvalue weighted by Crippen LogP contribution is -2.30. The van der Waals surface area contributed by atoms with Gasteiger partial charge in [-0.15, -0.1) is 0 Å². The number of hydrogen-bond acceptors (Lipinski definition) is 5. The lowest BCUT2D eigenvalue weighted by atomic mass is 10.6. The minimum Gasteiger partial charge on any atom is -0.539 e. The Balaban J connectivity index is 0. The zero-order valence-electron chi connectivity index (χ0n) is 7.31. The first kappa shape index (κ1) is 15.1. The summed E-state index contributed by atoms with van der Waals surface area (Å²) in [5.41, 5.74) is 4.90. The van der Waals surface area contributed by atoms with Crippen LogP contribution in [0, 0.1) is 0 Å². The van der Waals surface area contributed by atoms with Crippen LogP contribution < -0.4 is 21.5 Å². The van der Waals surface area contributed by atoms with Crippen molar-refractivity contribution in [2.75, 3.05) is 5.73 Å². The molecule has 84 valence electrons. The Morgan fingerprint density at radius 2 is 2.00 bits per heavy atom. The molecule has 0 radical (unpaired) electrons. The first-order valence-corrected chi connectivity index (χ1v) is 3.24. The lowest BCUT2D eigenvalue weighted by Gasteiger charge is -1.85. The number of nitrogens with two attached hydrogens (primary N) is 1. The quantitative estimate of drug-likeness (QED) is 0.371. The molecule has 0 aliphatic heterocycles. The number of nitrogen functional groups attached to an aromatic ring is 1. The first-order valence-electron chi connectivity index (χ1n) is 3.24. The van der Waals surface area contributed by atoms with Crippen LogP contribution >= 0.6 is 0 Å². The zero-order chi connectivity index (χ0) is 11.1. The van der Waals surface area contributed by atoms with Crippen molar-refractivity contribution in [3.8, 4) is 0 Å². The van der Waals surface area contributed by atoms with Crippen LogP contribution in [0.25, 0.3) is 0 Å². The molecule has 0 saturated carbocycles. The molecule has 1 rings (SSSR count). The van der Waals surface area contributed by atoms with Gasteiger partial charge in [-0.1, -0.05) is 0 Å². The fourth-order valence-corrected chi connectivity index (χ4v) is 0.416. The Bertz CT molecular complexity index is 374. The Morgan fingerprint density at radius 3 is 2.20 bits per heavy atom. The van der Waals surface area contributed by atoms with Crippen LogP contribution in [0.15, 0.2) is 17.1 Å². The summed E-state index contributed by atoms with van der Waals surface area (Å²) in [6.45, 7) is 0. The fraction of sp³-hybridized carbons (Fsp3) is 0. The molecule has 0 amide bonds. The number of aliphatic carboxylic acids is 2. The average molecular weight is 219 g/mol. The van der Waals surface area contributed by atoms with Crippen molar-refractivity contribution in [1.82, 2.24) is 4.98 Å². The molecule has 0 aliphatic carbocycles. The minimum absolute atomic E-state index is 0. The number of anilines is 1. The van der Waals surface area contributed by atoms with Crippen LogP contribution in [0.2, 0.25) is 0 Å². The van der Waals surface area contributed by atoms with Crippen LogP contribution in [0.4, 0.5) is 5.82 Å². The maximum atomic E-state index is 10.3. The smallest absolute Gasteiger partial charge is 0.495 e. The van der Waals surface area contributed by atoms with Gasteiger partial charge in [0.1, 0.15) is 0 Å². The van der Waals surface area contributed by atoms with E-state index < -0.39 is 11.9 Å². The molecule has 0 aromatic carbocycles. The predicted molar refractivity (Wildman–Crippen MR) is 44.3 cm³/mol. The summed E-state index contributed by atoms with van der Waals surface area (Å²) in [7, 11) is 0. The largest absolute Gasteiger partial charge is 0.539 e. The third-order valence-corrected chi connectivity index (χ3v) is 0.910. The minimum atomic E-state index is -2.07. The Hall–Kier alpha value is -2.42. The van der Waals surface area contributed by atoms with E-state index in [1.54, 1.807) is 6.07 Å². The monoisotopic (exact) mass is 219 g/mol. The van der Waals surface area contributed by atoms with E-state index in [2.05, 4.69) is 9.97 Å². The molecule has 0 atom stereocenters. The summed E-state index contributed by atoms with van der Waals surface area (Å²) in [6.07, 6.45) is 1.48. The van der Waals surface area contributed by atoms with E-state index in [0.29, 0.717) is 5.82 Å². The molecule has 7 N–H and O–H groups in total. The summed E-state index contributed by atoms with van der Waals surface area (Å²) in [5.74, 6) is -3.64. The van der Waals surface area contributed by atoms with Crippen molar-refractivity contribution in [3.05, 3.63) is 22.7 Å². The maximum absolute atomic E-state index is 10.3. The van der Waals surface area contributed by atoms with Gasteiger partial charge < -0.3 is 26.2 Å². The number of aromatic nitrogens is 2. The van der Waals surface area contributed by atoms with E-state index in [1.807, 2.05) is 0 Å². The molecule has 0 unspecified atom stereocenters. The average Bonchev–Trinajstić information content (AvgIpc) is 2.04. The van der Waals surface area contributed by atoms with Gasteiger partial charge in [-0.2, -0.15) is 9.78 Å². The number of carbonyl (C=O) groups is 2. The van der Waals surface area contributed by atoms with Gasteiger partial charge in [0.2, 0.25) is 0 Å². The van der Waals surface area contributed by atoms with E-state index in [1.165, 1.54) is 6.20 Å². The van der Waals surface area contributed by atoms with E-state index in [0.717, 1.165) is 0 Å². The molecule has 9 heteroatoms. The molecule has 0 bridgehead atoms. The third-order valence-electron chi connectivity index (χ3n) is 0.910. The van der Waals surface area contributed by atoms with Crippen LogP contribution in [0.3, 0.4) is 0 Å². The van der Waals surface area contributed by atoms with Crippen LogP contribution in [-0.2, 0) is 9.59 Å². The van der Waals surface area contributed by atoms with Gasteiger partial charge >= 0.3 is 11.7 Å². The summed E-state index contributed by atoms with van der Waals surface area (Å²) >= 11 is 0. The van der Waals surface area contributed by atoms with E-state index in [-0.39, 0.29) is 11.2 Å². The molecule has 0 saturated heterocycles. The SMILES string of the molecule is Nc1cc[nH+]c(=O)[nH]1.O.O=C([O-])C(=O)O. The molecule has 0 fully saturated rings. The highest BCUT2D eigenvalue weighted by Gasteiger charge is 1.90. The summed E-state index contributed by atoms with van der Waals surface area (Å²) in [6, 6.07) is 1.57. The number of carboxylic acid groups (broad SMARTS) is 2. The van der Waals surface area contributed by atoms with Gasteiger partial charge in [0.25, 0.3) is 0 Å². The van der Waals surface area contributed by atoms with E-state index in [4.69, 9.17) is 25.5 Å². The standard InChI is InChI=1S/C4H5N3O.C2H2O4.H2O/c5-3-1-2-6-4(8)7-3;3-1(4)2(5)6;/h1-2H,(H3,5,6,7,8);(H,3,4)(H,5,6);1H2. The summed E-state index contributed by atoms with van der Waals surface area (Å²) < 4.78 is 0. The van der Waals surface area contributed by atoms with Crippen molar-refractivity contribution in [3.63, 3.8) is 0 Å². The van der Waals surface area contributed by atoms with Gasteiger partial charge in [-0.3, -0.25) is 0 Å². The first-order chi connectivity index (χ1) is 6.43. The molecule has 0 spiro atoms. The van der Waals surface area contributed by atoms with Crippen molar-refractivity contribution in [2.45, 2.75) is 0 Å². The number of carboxylic acids is 2. The van der Waals surface area contributed by atoms with Gasteiger partial charge in [0, 0.05) is 6.07 Å². The van der Waals surface area contributed by atoms with Gasteiger partial charge in [0.05, 0.1) is 6.20 Å². The molecule has 1 aromatic heterocycles. The van der Waals surface area contributed by atoms with Crippen molar-refractivity contribution in [2.24, 2.45) is 0 Å². The molecule has 1 heterocycles. The molecular formula is C6H9N3O6.